The first kappa shape index (κ1) is 12.0. The molecule has 2 rings (SSSR count). The number of hydrogen-bond donors (Lipinski definition) is 0. The molecule has 0 aliphatic heterocycles. The number of nitrogens with zero attached hydrogens (tertiary/aromatic N) is 2. The van der Waals surface area contributed by atoms with E-state index < -0.39 is 0 Å². The van der Waals surface area contributed by atoms with E-state index in [1.807, 2.05) is 6.07 Å². The molecule has 1 aromatic carbocycles. The molecule has 0 saturated carbocycles. The molecule has 0 N–H and O–H groups in total. The van der Waals surface area contributed by atoms with Gasteiger partial charge in [0.05, 0.1) is 4.92 Å². The van der Waals surface area contributed by atoms with Crippen molar-refractivity contribution in [3.05, 3.63) is 39.4 Å². The van der Waals surface area contributed by atoms with Crippen molar-refractivity contribution in [2.24, 2.45) is 5.92 Å². The van der Waals surface area contributed by atoms with Crippen LogP contribution in [0.3, 0.4) is 0 Å². The normalized spacial score (nSPS) is 19.1. The second-order valence-corrected chi connectivity index (χ2v) is 5.08. The number of nitro groups is 1. The number of aryl methyl sites for hydroxylation is 1. The Morgan fingerprint density at radius 3 is 2.82 bits per heavy atom. The lowest BCUT2D eigenvalue weighted by Crippen LogP contribution is -2.26. The van der Waals surface area contributed by atoms with Crippen LogP contribution in [0.1, 0.15) is 17.5 Å². The van der Waals surface area contributed by atoms with Crippen molar-refractivity contribution >= 4 is 5.69 Å². The molecule has 4 heteroatoms. The number of rotatable bonds is 3. The molecule has 1 aromatic rings. The van der Waals surface area contributed by atoms with Gasteiger partial charge >= 0.3 is 0 Å². The molecule has 1 aliphatic rings. The van der Waals surface area contributed by atoms with Crippen LogP contribution < -0.4 is 0 Å². The van der Waals surface area contributed by atoms with Crippen LogP contribution in [0.25, 0.3) is 0 Å². The summed E-state index contributed by atoms with van der Waals surface area (Å²) in [5.74, 6) is 0.680. The first-order valence-corrected chi connectivity index (χ1v) is 5.97. The Labute approximate surface area is 101 Å². The molecule has 0 heterocycles. The van der Waals surface area contributed by atoms with Crippen molar-refractivity contribution in [2.75, 3.05) is 20.6 Å². The third-order valence-corrected chi connectivity index (χ3v) is 3.35. The van der Waals surface area contributed by atoms with E-state index in [0.29, 0.717) is 5.92 Å². The monoisotopic (exact) mass is 234 g/mol. The first-order valence-electron chi connectivity index (χ1n) is 5.97. The SMILES string of the molecule is CN(C)CC1CCc2cc([N+](=O)[O-])ccc2C1. The molecule has 0 bridgehead atoms. The Morgan fingerprint density at radius 2 is 2.18 bits per heavy atom. The zero-order valence-electron chi connectivity index (χ0n) is 10.3. The average molecular weight is 234 g/mol. The van der Waals surface area contributed by atoms with E-state index in [1.165, 1.54) is 5.56 Å². The fourth-order valence-electron chi connectivity index (χ4n) is 2.60. The summed E-state index contributed by atoms with van der Waals surface area (Å²) >= 11 is 0. The largest absolute Gasteiger partial charge is 0.309 e. The molecule has 0 spiro atoms. The predicted molar refractivity (Wildman–Crippen MR) is 67.2 cm³/mol. The van der Waals surface area contributed by atoms with Crippen molar-refractivity contribution in [2.45, 2.75) is 19.3 Å². The second kappa shape index (κ2) is 4.84. The number of non-ortho nitro benzene ring substituents is 1. The molecule has 0 aromatic heterocycles. The highest BCUT2D eigenvalue weighted by Gasteiger charge is 2.21. The minimum atomic E-state index is -0.313. The zero-order chi connectivity index (χ0) is 12.4. The summed E-state index contributed by atoms with van der Waals surface area (Å²) in [7, 11) is 4.18. The summed E-state index contributed by atoms with van der Waals surface area (Å²) in [5, 5.41) is 10.7. The van der Waals surface area contributed by atoms with Crippen LogP contribution in [0.4, 0.5) is 5.69 Å². The Hall–Kier alpha value is -1.42. The van der Waals surface area contributed by atoms with E-state index in [-0.39, 0.29) is 10.6 Å². The maximum Gasteiger partial charge on any atom is 0.269 e. The molecule has 92 valence electrons. The van der Waals surface area contributed by atoms with Gasteiger partial charge in [0.1, 0.15) is 0 Å². The summed E-state index contributed by atoms with van der Waals surface area (Å²) in [6.07, 6.45) is 3.15. The minimum absolute atomic E-state index is 0.217. The van der Waals surface area contributed by atoms with Crippen LogP contribution in [0.15, 0.2) is 18.2 Å². The van der Waals surface area contributed by atoms with Gasteiger partial charge in [0.2, 0.25) is 0 Å². The standard InChI is InChI=1S/C13H18N2O2/c1-14(2)9-10-3-4-12-8-13(15(16)17)6-5-11(12)7-10/h5-6,8,10H,3-4,7,9H2,1-2H3. The minimum Gasteiger partial charge on any atom is -0.309 e. The predicted octanol–water partition coefficient (Wildman–Crippen LogP) is 2.26. The van der Waals surface area contributed by atoms with Crippen molar-refractivity contribution in [3.8, 4) is 0 Å². The highest BCUT2D eigenvalue weighted by atomic mass is 16.6. The van der Waals surface area contributed by atoms with Gasteiger partial charge in [-0.25, -0.2) is 0 Å². The summed E-state index contributed by atoms with van der Waals surface area (Å²) in [4.78, 5) is 12.6. The van der Waals surface area contributed by atoms with Crippen molar-refractivity contribution in [1.29, 1.82) is 0 Å². The molecule has 0 saturated heterocycles. The number of nitro benzene ring substituents is 1. The van der Waals surface area contributed by atoms with Crippen LogP contribution >= 0.6 is 0 Å². The van der Waals surface area contributed by atoms with Gasteiger partial charge in [-0.15, -0.1) is 0 Å². The Bertz CT molecular complexity index is 429. The van der Waals surface area contributed by atoms with E-state index >= 15 is 0 Å². The second-order valence-electron chi connectivity index (χ2n) is 5.08. The molecule has 1 atom stereocenters. The zero-order valence-corrected chi connectivity index (χ0v) is 10.3. The van der Waals surface area contributed by atoms with Gasteiger partial charge in [0.25, 0.3) is 5.69 Å². The molecule has 0 radical (unpaired) electrons. The van der Waals surface area contributed by atoms with Crippen LogP contribution in [0.2, 0.25) is 0 Å². The summed E-state index contributed by atoms with van der Waals surface area (Å²) in [6.45, 7) is 1.09. The fraction of sp³-hybridized carbons (Fsp3) is 0.538. The van der Waals surface area contributed by atoms with Crippen molar-refractivity contribution in [3.63, 3.8) is 0 Å². The molecule has 0 amide bonds. The summed E-state index contributed by atoms with van der Waals surface area (Å²) in [6, 6.07) is 5.29. The number of fused-ring (bicyclic) bond motifs is 1. The topological polar surface area (TPSA) is 46.4 Å². The van der Waals surface area contributed by atoms with Crippen molar-refractivity contribution < 1.29 is 4.92 Å². The van der Waals surface area contributed by atoms with Crippen LogP contribution in [-0.4, -0.2) is 30.5 Å². The molecular weight excluding hydrogens is 216 g/mol. The third-order valence-electron chi connectivity index (χ3n) is 3.35. The number of benzene rings is 1. The summed E-state index contributed by atoms with van der Waals surface area (Å²) < 4.78 is 0. The quantitative estimate of drug-likeness (QED) is 0.595. The molecule has 0 fully saturated rings. The lowest BCUT2D eigenvalue weighted by atomic mass is 9.83. The van der Waals surface area contributed by atoms with E-state index in [1.54, 1.807) is 12.1 Å². The molecule has 1 aliphatic carbocycles. The maximum atomic E-state index is 10.7. The van der Waals surface area contributed by atoms with Gasteiger partial charge in [0.15, 0.2) is 0 Å². The fourth-order valence-corrected chi connectivity index (χ4v) is 2.60. The van der Waals surface area contributed by atoms with Crippen molar-refractivity contribution in [1.82, 2.24) is 4.90 Å². The maximum absolute atomic E-state index is 10.7. The smallest absolute Gasteiger partial charge is 0.269 e. The molecule has 1 unspecified atom stereocenters. The van der Waals surface area contributed by atoms with Crippen LogP contribution in [-0.2, 0) is 12.8 Å². The Morgan fingerprint density at radius 1 is 1.41 bits per heavy atom. The van der Waals surface area contributed by atoms with E-state index in [2.05, 4.69) is 19.0 Å². The lowest BCUT2D eigenvalue weighted by molar-refractivity contribution is -0.384. The van der Waals surface area contributed by atoms with Gasteiger partial charge in [-0.2, -0.15) is 0 Å². The Balaban J connectivity index is 2.14. The molecular formula is C13H18N2O2. The summed E-state index contributed by atoms with van der Waals surface area (Å²) in [5.41, 5.74) is 2.66. The Kier molecular flexibility index (Phi) is 3.43. The van der Waals surface area contributed by atoms with Gasteiger partial charge in [-0.3, -0.25) is 10.1 Å². The van der Waals surface area contributed by atoms with Crippen LogP contribution in [0.5, 0.6) is 0 Å². The van der Waals surface area contributed by atoms with Gasteiger partial charge in [0, 0.05) is 18.7 Å². The average Bonchev–Trinajstić information content (AvgIpc) is 2.27. The van der Waals surface area contributed by atoms with Gasteiger partial charge < -0.3 is 4.90 Å². The van der Waals surface area contributed by atoms with Crippen LogP contribution in [0, 0.1) is 16.0 Å². The van der Waals surface area contributed by atoms with E-state index in [9.17, 15) is 10.1 Å². The molecule has 4 nitrogen and oxygen atoms in total. The van der Waals surface area contributed by atoms with E-state index in [4.69, 9.17) is 0 Å². The highest BCUT2D eigenvalue weighted by Crippen LogP contribution is 2.28. The van der Waals surface area contributed by atoms with E-state index in [0.717, 1.165) is 31.4 Å². The third kappa shape index (κ3) is 2.82. The van der Waals surface area contributed by atoms with Gasteiger partial charge in [-0.05, 0) is 50.4 Å². The number of hydrogen-bond acceptors (Lipinski definition) is 3. The highest BCUT2D eigenvalue weighted by molar-refractivity contribution is 5.41. The lowest BCUT2D eigenvalue weighted by Gasteiger charge is -2.26. The van der Waals surface area contributed by atoms with Gasteiger partial charge in [-0.1, -0.05) is 6.07 Å². The molecule has 17 heavy (non-hydrogen) atoms. The first-order chi connectivity index (χ1) is 8.06.